The van der Waals surface area contributed by atoms with Gasteiger partial charge in [-0.1, -0.05) is 6.92 Å². The molecule has 0 aromatic carbocycles. The molecule has 0 aromatic rings. The van der Waals surface area contributed by atoms with Crippen LogP contribution in [0.5, 0.6) is 0 Å². The van der Waals surface area contributed by atoms with E-state index in [1.807, 2.05) is 6.92 Å². The monoisotopic (exact) mass is 209 g/mol. The molecule has 1 rings (SSSR count). The van der Waals surface area contributed by atoms with Crippen molar-refractivity contribution in [2.24, 2.45) is 5.92 Å². The molecule has 1 fully saturated rings. The van der Waals surface area contributed by atoms with Crippen molar-refractivity contribution in [3.05, 3.63) is 0 Å². The van der Waals surface area contributed by atoms with Gasteiger partial charge in [-0.2, -0.15) is 13.2 Å². The second-order valence-corrected chi connectivity index (χ2v) is 3.99. The molecule has 0 radical (unpaired) electrons. The summed E-state index contributed by atoms with van der Waals surface area (Å²) >= 11 is 0. The van der Waals surface area contributed by atoms with Gasteiger partial charge >= 0.3 is 12.1 Å². The molecule has 5 heteroatoms. The lowest BCUT2D eigenvalue weighted by atomic mass is 9.95. The molecule has 0 aromatic heterocycles. The number of hydrogen-bond acceptors (Lipinski definition) is 1. The zero-order chi connectivity index (χ0) is 10.9. The molecule has 0 bridgehead atoms. The standard InChI is InChI=1S/C9H14F3NO/c1-6-3-4-7(2)13(5-6)8(14)9(10,11)12/h6-7H,3-5H2,1-2H3. The molecule has 14 heavy (non-hydrogen) atoms. The van der Waals surface area contributed by atoms with Gasteiger partial charge in [0.15, 0.2) is 0 Å². The van der Waals surface area contributed by atoms with Gasteiger partial charge in [-0.25, -0.2) is 0 Å². The van der Waals surface area contributed by atoms with E-state index < -0.39 is 12.1 Å². The smallest absolute Gasteiger partial charge is 0.332 e. The second kappa shape index (κ2) is 3.79. The van der Waals surface area contributed by atoms with Crippen molar-refractivity contribution < 1.29 is 18.0 Å². The third-order valence-electron chi connectivity index (χ3n) is 2.62. The van der Waals surface area contributed by atoms with Crippen LogP contribution in [0.15, 0.2) is 0 Å². The van der Waals surface area contributed by atoms with E-state index in [1.54, 1.807) is 6.92 Å². The number of carbonyl (C=O) groups is 1. The Bertz CT molecular complexity index is 227. The number of carbonyl (C=O) groups excluding carboxylic acids is 1. The maximum Gasteiger partial charge on any atom is 0.471 e. The van der Waals surface area contributed by atoms with E-state index in [1.165, 1.54) is 0 Å². The van der Waals surface area contributed by atoms with Gasteiger partial charge in [0.25, 0.3) is 0 Å². The first kappa shape index (κ1) is 11.3. The van der Waals surface area contributed by atoms with Crippen LogP contribution in [0, 0.1) is 5.92 Å². The zero-order valence-electron chi connectivity index (χ0n) is 8.27. The minimum atomic E-state index is -4.73. The van der Waals surface area contributed by atoms with Gasteiger partial charge in [-0.05, 0) is 25.7 Å². The lowest BCUT2D eigenvalue weighted by Gasteiger charge is -2.37. The quantitative estimate of drug-likeness (QED) is 0.599. The van der Waals surface area contributed by atoms with Gasteiger partial charge in [0.1, 0.15) is 0 Å². The van der Waals surface area contributed by atoms with E-state index >= 15 is 0 Å². The van der Waals surface area contributed by atoms with Crippen molar-refractivity contribution in [2.45, 2.75) is 38.9 Å². The summed E-state index contributed by atoms with van der Waals surface area (Å²) in [7, 11) is 0. The van der Waals surface area contributed by atoms with E-state index in [2.05, 4.69) is 0 Å². The third-order valence-corrected chi connectivity index (χ3v) is 2.62. The lowest BCUT2D eigenvalue weighted by Crippen LogP contribution is -2.50. The highest BCUT2D eigenvalue weighted by Crippen LogP contribution is 2.26. The number of nitrogens with zero attached hydrogens (tertiary/aromatic N) is 1. The van der Waals surface area contributed by atoms with Gasteiger partial charge in [0.2, 0.25) is 0 Å². The molecular weight excluding hydrogens is 195 g/mol. The normalized spacial score (nSPS) is 29.1. The van der Waals surface area contributed by atoms with Gasteiger partial charge < -0.3 is 4.90 Å². The van der Waals surface area contributed by atoms with Crippen LogP contribution in [0.4, 0.5) is 13.2 Å². The average molecular weight is 209 g/mol. The van der Waals surface area contributed by atoms with Crippen LogP contribution in [0.2, 0.25) is 0 Å². The van der Waals surface area contributed by atoms with Crippen molar-refractivity contribution in [3.63, 3.8) is 0 Å². The molecule has 2 unspecified atom stereocenters. The molecule has 1 aliphatic heterocycles. The van der Waals surface area contributed by atoms with Crippen LogP contribution in [0.3, 0.4) is 0 Å². The molecular formula is C9H14F3NO. The average Bonchev–Trinajstić information content (AvgIpc) is 2.06. The van der Waals surface area contributed by atoms with Crippen LogP contribution in [0.25, 0.3) is 0 Å². The van der Waals surface area contributed by atoms with E-state index in [0.29, 0.717) is 6.42 Å². The fourth-order valence-corrected chi connectivity index (χ4v) is 1.73. The first-order valence-corrected chi connectivity index (χ1v) is 4.70. The summed E-state index contributed by atoms with van der Waals surface area (Å²) in [5.41, 5.74) is 0. The molecule has 2 atom stereocenters. The van der Waals surface area contributed by atoms with Crippen molar-refractivity contribution in [3.8, 4) is 0 Å². The van der Waals surface area contributed by atoms with Gasteiger partial charge in [-0.15, -0.1) is 0 Å². The van der Waals surface area contributed by atoms with Gasteiger partial charge in [0, 0.05) is 12.6 Å². The van der Waals surface area contributed by atoms with Gasteiger partial charge in [0.05, 0.1) is 0 Å². The number of halogens is 3. The Morgan fingerprint density at radius 3 is 2.36 bits per heavy atom. The van der Waals surface area contributed by atoms with Crippen molar-refractivity contribution in [1.29, 1.82) is 0 Å². The third kappa shape index (κ3) is 2.39. The molecule has 82 valence electrons. The summed E-state index contributed by atoms with van der Waals surface area (Å²) in [6.07, 6.45) is -3.18. The summed E-state index contributed by atoms with van der Waals surface area (Å²) in [5, 5.41) is 0. The van der Waals surface area contributed by atoms with E-state index in [9.17, 15) is 18.0 Å². The number of rotatable bonds is 0. The number of alkyl halides is 3. The fraction of sp³-hybridized carbons (Fsp3) is 0.889. The molecule has 1 saturated heterocycles. The van der Waals surface area contributed by atoms with E-state index in [4.69, 9.17) is 0 Å². The van der Waals surface area contributed by atoms with E-state index in [-0.39, 0.29) is 18.5 Å². The Morgan fingerprint density at radius 2 is 1.86 bits per heavy atom. The van der Waals surface area contributed by atoms with Crippen LogP contribution in [0.1, 0.15) is 26.7 Å². The highest BCUT2D eigenvalue weighted by molar-refractivity contribution is 5.82. The van der Waals surface area contributed by atoms with E-state index in [0.717, 1.165) is 11.3 Å². The molecule has 1 amide bonds. The number of piperidine rings is 1. The Hall–Kier alpha value is -0.740. The van der Waals surface area contributed by atoms with Crippen molar-refractivity contribution in [1.82, 2.24) is 4.90 Å². The first-order chi connectivity index (χ1) is 6.32. The fourth-order valence-electron chi connectivity index (χ4n) is 1.73. The highest BCUT2D eigenvalue weighted by Gasteiger charge is 2.44. The lowest BCUT2D eigenvalue weighted by molar-refractivity contribution is -0.189. The summed E-state index contributed by atoms with van der Waals surface area (Å²) < 4.78 is 36.4. The maximum atomic E-state index is 12.1. The summed E-state index contributed by atoms with van der Waals surface area (Å²) in [6.45, 7) is 3.75. The highest BCUT2D eigenvalue weighted by atomic mass is 19.4. The molecule has 1 aliphatic rings. The van der Waals surface area contributed by atoms with Crippen molar-refractivity contribution in [2.75, 3.05) is 6.54 Å². The second-order valence-electron chi connectivity index (χ2n) is 3.99. The minimum absolute atomic E-state index is 0.164. The number of likely N-dealkylation sites (tertiary alicyclic amines) is 1. The predicted octanol–water partition coefficient (Wildman–Crippen LogP) is 2.20. The molecule has 2 nitrogen and oxygen atoms in total. The Labute approximate surface area is 81.1 Å². The number of hydrogen-bond donors (Lipinski definition) is 0. The zero-order valence-corrected chi connectivity index (χ0v) is 8.27. The number of amides is 1. The first-order valence-electron chi connectivity index (χ1n) is 4.70. The van der Waals surface area contributed by atoms with Gasteiger partial charge in [-0.3, -0.25) is 4.79 Å². The molecule has 0 saturated carbocycles. The Morgan fingerprint density at radius 1 is 1.29 bits per heavy atom. The Balaban J connectivity index is 2.70. The van der Waals surface area contributed by atoms with Crippen molar-refractivity contribution >= 4 is 5.91 Å². The maximum absolute atomic E-state index is 12.1. The predicted molar refractivity (Wildman–Crippen MR) is 45.6 cm³/mol. The Kier molecular flexibility index (Phi) is 3.07. The molecule has 0 spiro atoms. The molecule has 0 aliphatic carbocycles. The SMILES string of the molecule is CC1CCC(C)N(C(=O)C(F)(F)F)C1. The largest absolute Gasteiger partial charge is 0.471 e. The summed E-state index contributed by atoms with van der Waals surface area (Å²) in [5.74, 6) is -1.53. The molecule has 1 heterocycles. The summed E-state index contributed by atoms with van der Waals surface area (Å²) in [4.78, 5) is 11.9. The van der Waals surface area contributed by atoms with Crippen LogP contribution in [-0.4, -0.2) is 29.6 Å². The molecule has 0 N–H and O–H groups in total. The van der Waals surface area contributed by atoms with Crippen LogP contribution in [-0.2, 0) is 4.79 Å². The topological polar surface area (TPSA) is 20.3 Å². The minimum Gasteiger partial charge on any atom is -0.332 e. The van der Waals surface area contributed by atoms with Crippen LogP contribution >= 0.6 is 0 Å². The van der Waals surface area contributed by atoms with Crippen LogP contribution < -0.4 is 0 Å². The summed E-state index contributed by atoms with van der Waals surface area (Å²) in [6, 6.07) is -0.291.